The summed E-state index contributed by atoms with van der Waals surface area (Å²) < 4.78 is 14.0. The van der Waals surface area contributed by atoms with Gasteiger partial charge in [-0.2, -0.15) is 0 Å². The number of carbonyl (C=O) groups excluding carboxylic acids is 2. The topological polar surface area (TPSA) is 68.8 Å². The van der Waals surface area contributed by atoms with E-state index in [4.69, 9.17) is 0 Å². The molecule has 1 aromatic rings. The lowest BCUT2D eigenvalue weighted by molar-refractivity contribution is -0.128. The second kappa shape index (κ2) is 7.76. The maximum Gasteiger partial charge on any atom is 0.324 e. The zero-order valence-corrected chi connectivity index (χ0v) is 15.4. The van der Waals surface area contributed by atoms with Crippen molar-refractivity contribution >= 4 is 23.3 Å². The van der Waals surface area contributed by atoms with Gasteiger partial charge in [-0.15, -0.1) is 11.3 Å². The first kappa shape index (κ1) is 18.2. The first-order chi connectivity index (χ1) is 11.9. The van der Waals surface area contributed by atoms with Crippen molar-refractivity contribution in [2.75, 3.05) is 39.8 Å². The first-order valence-electron chi connectivity index (χ1n) is 8.48. The third-order valence-corrected chi connectivity index (χ3v) is 5.67. The van der Waals surface area contributed by atoms with Crippen LogP contribution < -0.4 is 5.32 Å². The van der Waals surface area contributed by atoms with E-state index >= 15 is 0 Å². The lowest BCUT2D eigenvalue weighted by Gasteiger charge is -2.28. The molecule has 2 atom stereocenters. The van der Waals surface area contributed by atoms with Crippen molar-refractivity contribution in [1.29, 1.82) is 0 Å². The molecular formula is C16H24FN5O2S. The summed E-state index contributed by atoms with van der Waals surface area (Å²) in [6, 6.07) is -0.271. The van der Waals surface area contributed by atoms with Crippen molar-refractivity contribution < 1.29 is 14.0 Å². The van der Waals surface area contributed by atoms with Crippen LogP contribution in [0.15, 0.2) is 5.51 Å². The monoisotopic (exact) mass is 369 g/mol. The molecule has 25 heavy (non-hydrogen) atoms. The zero-order chi connectivity index (χ0) is 18.0. The number of nitrogens with one attached hydrogen (secondary N) is 1. The SMILES string of the molecule is Cc1ncsc1CN1C[C@@H](F)C[C@H]1CN(C)CC(=O)N1CCNC1=O. The molecule has 3 heterocycles. The molecule has 0 bridgehead atoms. The number of likely N-dealkylation sites (tertiary alicyclic amines) is 1. The van der Waals surface area contributed by atoms with Gasteiger partial charge in [0.15, 0.2) is 0 Å². The van der Waals surface area contributed by atoms with Crippen molar-refractivity contribution in [3.05, 3.63) is 16.1 Å². The summed E-state index contributed by atoms with van der Waals surface area (Å²) in [6.45, 7) is 4.75. The largest absolute Gasteiger partial charge is 0.336 e. The van der Waals surface area contributed by atoms with Gasteiger partial charge in [0, 0.05) is 43.6 Å². The first-order valence-corrected chi connectivity index (χ1v) is 9.36. The molecule has 1 N–H and O–H groups in total. The summed E-state index contributed by atoms with van der Waals surface area (Å²) in [4.78, 5) is 34.4. The Balaban J connectivity index is 1.55. The van der Waals surface area contributed by atoms with Crippen molar-refractivity contribution in [3.8, 4) is 0 Å². The van der Waals surface area contributed by atoms with Crippen molar-refractivity contribution in [1.82, 2.24) is 25.0 Å². The van der Waals surface area contributed by atoms with Gasteiger partial charge in [-0.25, -0.2) is 14.2 Å². The molecular weight excluding hydrogens is 345 g/mol. The molecule has 2 saturated heterocycles. The molecule has 7 nitrogen and oxygen atoms in total. The van der Waals surface area contributed by atoms with Crippen LogP contribution >= 0.6 is 11.3 Å². The van der Waals surface area contributed by atoms with E-state index in [1.165, 1.54) is 4.90 Å². The summed E-state index contributed by atoms with van der Waals surface area (Å²) in [6.07, 6.45) is -0.368. The van der Waals surface area contributed by atoms with Gasteiger partial charge in [0.2, 0.25) is 5.91 Å². The van der Waals surface area contributed by atoms with E-state index in [9.17, 15) is 14.0 Å². The summed E-state index contributed by atoms with van der Waals surface area (Å²) in [5.74, 6) is -0.211. The van der Waals surface area contributed by atoms with Crippen molar-refractivity contribution in [2.24, 2.45) is 0 Å². The Bertz CT molecular complexity index is 640. The third kappa shape index (κ3) is 4.34. The van der Waals surface area contributed by atoms with E-state index < -0.39 is 6.17 Å². The van der Waals surface area contributed by atoms with Crippen LogP contribution in [0.2, 0.25) is 0 Å². The molecule has 2 aliphatic heterocycles. The van der Waals surface area contributed by atoms with Gasteiger partial charge in [-0.3, -0.25) is 19.5 Å². The van der Waals surface area contributed by atoms with Crippen LogP contribution in [0.1, 0.15) is 17.0 Å². The molecule has 3 amide bonds. The number of aromatic nitrogens is 1. The zero-order valence-electron chi connectivity index (χ0n) is 14.6. The molecule has 0 spiro atoms. The van der Waals surface area contributed by atoms with Crippen molar-refractivity contribution in [3.63, 3.8) is 0 Å². The molecule has 0 aliphatic carbocycles. The van der Waals surface area contributed by atoms with E-state index in [1.807, 2.05) is 24.4 Å². The van der Waals surface area contributed by atoms with E-state index in [2.05, 4.69) is 15.2 Å². The summed E-state index contributed by atoms with van der Waals surface area (Å²) in [7, 11) is 1.84. The predicted molar refractivity (Wildman–Crippen MR) is 93.2 cm³/mol. The smallest absolute Gasteiger partial charge is 0.324 e. The Morgan fingerprint density at radius 3 is 3.00 bits per heavy atom. The predicted octanol–water partition coefficient (Wildman–Crippen LogP) is 0.848. The van der Waals surface area contributed by atoms with Crippen LogP contribution in [0.4, 0.5) is 9.18 Å². The Morgan fingerprint density at radius 2 is 2.36 bits per heavy atom. The fourth-order valence-electron chi connectivity index (χ4n) is 3.42. The van der Waals surface area contributed by atoms with Crippen LogP contribution in [0, 0.1) is 6.92 Å². The van der Waals surface area contributed by atoms with Gasteiger partial charge in [0.1, 0.15) is 6.17 Å². The average Bonchev–Trinajstić information content (AvgIpc) is 3.22. The normalized spacial score (nSPS) is 24.3. The second-order valence-corrected chi connectivity index (χ2v) is 7.69. The lowest BCUT2D eigenvalue weighted by atomic mass is 10.2. The Labute approximate surface area is 150 Å². The molecule has 2 aliphatic rings. The number of thiazole rings is 1. The highest BCUT2D eigenvalue weighted by Crippen LogP contribution is 2.25. The van der Waals surface area contributed by atoms with Gasteiger partial charge in [-0.1, -0.05) is 0 Å². The number of halogens is 1. The number of hydrogen-bond acceptors (Lipinski definition) is 6. The average molecular weight is 369 g/mol. The maximum absolute atomic E-state index is 14.0. The number of amides is 3. The minimum absolute atomic E-state index is 0.0571. The maximum atomic E-state index is 14.0. The molecule has 0 saturated carbocycles. The molecule has 0 radical (unpaired) electrons. The standard InChI is InChI=1S/C16H24FN5O2S/c1-11-14(25-10-19-11)8-21-6-12(17)5-13(21)7-20(2)9-15(23)22-4-3-18-16(22)24/h10,12-13H,3-9H2,1-2H3,(H,18,24)/t12-,13-/m0/s1. The van der Waals surface area contributed by atoms with Gasteiger partial charge < -0.3 is 5.32 Å². The summed E-state index contributed by atoms with van der Waals surface area (Å²) in [5, 5.41) is 2.62. The highest BCUT2D eigenvalue weighted by Gasteiger charge is 2.34. The summed E-state index contributed by atoms with van der Waals surface area (Å²) >= 11 is 1.59. The van der Waals surface area contributed by atoms with Gasteiger partial charge in [0.25, 0.3) is 0 Å². The molecule has 1 aromatic heterocycles. The minimum atomic E-state index is -0.841. The molecule has 9 heteroatoms. The van der Waals surface area contributed by atoms with Crippen LogP contribution in [0.5, 0.6) is 0 Å². The van der Waals surface area contributed by atoms with Crippen LogP contribution in [0.3, 0.4) is 0 Å². The Morgan fingerprint density at radius 1 is 1.56 bits per heavy atom. The number of nitrogens with zero attached hydrogens (tertiary/aromatic N) is 4. The van der Waals surface area contributed by atoms with Crippen LogP contribution in [-0.2, 0) is 11.3 Å². The van der Waals surface area contributed by atoms with E-state index in [0.29, 0.717) is 39.1 Å². The second-order valence-electron chi connectivity index (χ2n) is 6.75. The molecule has 3 rings (SSSR count). The highest BCUT2D eigenvalue weighted by molar-refractivity contribution is 7.09. The quantitative estimate of drug-likeness (QED) is 0.805. The lowest BCUT2D eigenvalue weighted by Crippen LogP contribution is -2.44. The number of carbonyl (C=O) groups is 2. The van der Waals surface area contributed by atoms with E-state index in [0.717, 1.165) is 10.6 Å². The number of urea groups is 1. The van der Waals surface area contributed by atoms with Gasteiger partial charge in [-0.05, 0) is 20.4 Å². The van der Waals surface area contributed by atoms with Gasteiger partial charge in [0.05, 0.1) is 17.7 Å². The number of imide groups is 1. The fourth-order valence-corrected chi connectivity index (χ4v) is 4.22. The van der Waals surface area contributed by atoms with Gasteiger partial charge >= 0.3 is 6.03 Å². The van der Waals surface area contributed by atoms with E-state index in [1.54, 1.807) is 11.3 Å². The van der Waals surface area contributed by atoms with Crippen LogP contribution in [-0.4, -0.2) is 83.6 Å². The Kier molecular flexibility index (Phi) is 5.65. The molecule has 0 aromatic carbocycles. The summed E-state index contributed by atoms with van der Waals surface area (Å²) in [5.41, 5.74) is 2.81. The fraction of sp³-hybridized carbons (Fsp3) is 0.688. The number of hydrogen-bond donors (Lipinski definition) is 1. The number of rotatable bonds is 6. The van der Waals surface area contributed by atoms with Crippen molar-refractivity contribution in [2.45, 2.75) is 32.1 Å². The third-order valence-electron chi connectivity index (χ3n) is 4.75. The Hall–Kier alpha value is -1.58. The number of aryl methyl sites for hydroxylation is 1. The number of alkyl halides is 1. The highest BCUT2D eigenvalue weighted by atomic mass is 32.1. The van der Waals surface area contributed by atoms with E-state index in [-0.39, 0.29) is 24.5 Å². The minimum Gasteiger partial charge on any atom is -0.336 e. The molecule has 2 fully saturated rings. The molecule has 0 unspecified atom stereocenters. The van der Waals surface area contributed by atoms with Crippen LogP contribution in [0.25, 0.3) is 0 Å². The number of likely N-dealkylation sites (N-methyl/N-ethyl adjacent to an activating group) is 1. The molecule has 138 valence electrons.